The Hall–Kier alpha value is -1.25. The molecule has 1 aromatic rings. The fraction of sp³-hybridized carbons (Fsp3) is 0.500. The molecule has 0 aliphatic heterocycles. The highest BCUT2D eigenvalue weighted by Crippen LogP contribution is 2.28. The topological polar surface area (TPSA) is 42.2 Å². The van der Waals surface area contributed by atoms with Crippen molar-refractivity contribution < 1.29 is 9.21 Å². The molecule has 3 heteroatoms. The van der Waals surface area contributed by atoms with E-state index in [-0.39, 0.29) is 5.91 Å². The summed E-state index contributed by atoms with van der Waals surface area (Å²) in [6, 6.07) is 3.78. The van der Waals surface area contributed by atoms with Crippen LogP contribution in [0, 0.1) is 5.92 Å². The number of furan rings is 1. The molecule has 1 N–H and O–H groups in total. The molecular weight excluding hydrogens is 166 g/mol. The number of carbonyl (C=O) groups is 1. The van der Waals surface area contributed by atoms with Gasteiger partial charge >= 0.3 is 0 Å². The molecule has 1 amide bonds. The maximum Gasteiger partial charge on any atom is 0.223 e. The molecule has 0 spiro atoms. The molecule has 2 rings (SSSR count). The van der Waals surface area contributed by atoms with Crippen LogP contribution in [0.25, 0.3) is 0 Å². The Bertz CT molecular complexity index is 275. The summed E-state index contributed by atoms with van der Waals surface area (Å²) in [4.78, 5) is 11.2. The molecule has 13 heavy (non-hydrogen) atoms. The van der Waals surface area contributed by atoms with Crippen molar-refractivity contribution in [1.82, 2.24) is 5.32 Å². The summed E-state index contributed by atoms with van der Waals surface area (Å²) < 4.78 is 5.14. The Morgan fingerprint density at radius 1 is 1.62 bits per heavy atom. The Kier molecular flexibility index (Phi) is 2.34. The normalized spacial score (nSPS) is 15.7. The minimum absolute atomic E-state index is 0.201. The molecule has 1 aliphatic carbocycles. The monoisotopic (exact) mass is 179 g/mol. The van der Waals surface area contributed by atoms with Gasteiger partial charge in [-0.15, -0.1) is 0 Å². The van der Waals surface area contributed by atoms with Gasteiger partial charge < -0.3 is 9.73 Å². The van der Waals surface area contributed by atoms with Crippen LogP contribution in [0.5, 0.6) is 0 Å². The van der Waals surface area contributed by atoms with Gasteiger partial charge in [0.25, 0.3) is 0 Å². The maximum absolute atomic E-state index is 11.2. The van der Waals surface area contributed by atoms with Gasteiger partial charge in [0.2, 0.25) is 5.91 Å². The van der Waals surface area contributed by atoms with E-state index in [0.717, 1.165) is 25.0 Å². The molecule has 3 nitrogen and oxygen atoms in total. The Morgan fingerprint density at radius 2 is 2.46 bits per heavy atom. The summed E-state index contributed by atoms with van der Waals surface area (Å²) in [6.45, 7) is 0.683. The van der Waals surface area contributed by atoms with Crippen LogP contribution in [0.4, 0.5) is 0 Å². The van der Waals surface area contributed by atoms with E-state index in [1.165, 1.54) is 0 Å². The lowest BCUT2D eigenvalue weighted by atomic mass is 10.3. The molecule has 0 bridgehead atoms. The summed E-state index contributed by atoms with van der Waals surface area (Å²) >= 11 is 0. The van der Waals surface area contributed by atoms with Gasteiger partial charge in [-0.05, 0) is 25.0 Å². The average molecular weight is 179 g/mol. The van der Waals surface area contributed by atoms with Gasteiger partial charge in [-0.25, -0.2) is 0 Å². The highest BCUT2D eigenvalue weighted by molar-refractivity contribution is 5.80. The van der Waals surface area contributed by atoms with Gasteiger partial charge in [0, 0.05) is 18.9 Å². The second kappa shape index (κ2) is 3.64. The zero-order valence-electron chi connectivity index (χ0n) is 7.45. The molecule has 1 heterocycles. The number of hydrogen-bond donors (Lipinski definition) is 1. The van der Waals surface area contributed by atoms with Crippen LogP contribution in [0.3, 0.4) is 0 Å². The first-order chi connectivity index (χ1) is 6.36. The highest BCUT2D eigenvalue weighted by atomic mass is 16.3. The van der Waals surface area contributed by atoms with E-state index in [1.807, 2.05) is 12.1 Å². The third kappa shape index (κ3) is 2.34. The van der Waals surface area contributed by atoms with Gasteiger partial charge in [-0.3, -0.25) is 4.79 Å². The van der Waals surface area contributed by atoms with E-state index < -0.39 is 0 Å². The van der Waals surface area contributed by atoms with Gasteiger partial charge in [-0.1, -0.05) is 0 Å². The first kappa shape index (κ1) is 8.35. The molecule has 70 valence electrons. The predicted molar refractivity (Wildman–Crippen MR) is 48.1 cm³/mol. The van der Waals surface area contributed by atoms with Crippen molar-refractivity contribution in [3.8, 4) is 0 Å². The summed E-state index contributed by atoms with van der Waals surface area (Å²) in [5, 5.41) is 2.88. The lowest BCUT2D eigenvalue weighted by Crippen LogP contribution is -2.26. The van der Waals surface area contributed by atoms with E-state index >= 15 is 0 Å². The second-order valence-corrected chi connectivity index (χ2v) is 3.39. The zero-order valence-corrected chi connectivity index (χ0v) is 7.45. The lowest BCUT2D eigenvalue weighted by molar-refractivity contribution is -0.122. The quantitative estimate of drug-likeness (QED) is 0.758. The molecule has 1 aliphatic rings. The molecule has 0 aromatic carbocycles. The second-order valence-electron chi connectivity index (χ2n) is 3.39. The molecular formula is C10H13NO2. The molecule has 1 fully saturated rings. The standard InChI is InChI=1S/C10H13NO2/c12-10(8-3-4-8)11-6-5-9-2-1-7-13-9/h1-2,7-8H,3-6H2,(H,11,12). The van der Waals surface area contributed by atoms with Crippen LogP contribution in [0.1, 0.15) is 18.6 Å². The lowest BCUT2D eigenvalue weighted by Gasteiger charge is -2.01. The van der Waals surface area contributed by atoms with Crippen LogP contribution in [-0.4, -0.2) is 12.5 Å². The molecule has 1 saturated carbocycles. The first-order valence-corrected chi connectivity index (χ1v) is 4.66. The Labute approximate surface area is 77.1 Å². The van der Waals surface area contributed by atoms with E-state index in [1.54, 1.807) is 6.26 Å². The predicted octanol–water partition coefficient (Wildman–Crippen LogP) is 1.35. The summed E-state index contributed by atoms with van der Waals surface area (Å²) in [5.74, 6) is 1.43. The molecule has 0 atom stereocenters. The minimum Gasteiger partial charge on any atom is -0.469 e. The van der Waals surface area contributed by atoms with Crippen LogP contribution in [0.2, 0.25) is 0 Å². The third-order valence-corrected chi connectivity index (χ3v) is 2.20. The summed E-state index contributed by atoms with van der Waals surface area (Å²) in [5.41, 5.74) is 0. The van der Waals surface area contributed by atoms with Gasteiger partial charge in [-0.2, -0.15) is 0 Å². The van der Waals surface area contributed by atoms with Crippen molar-refractivity contribution in [2.24, 2.45) is 5.92 Å². The van der Waals surface area contributed by atoms with Crippen molar-refractivity contribution >= 4 is 5.91 Å². The van der Waals surface area contributed by atoms with Gasteiger partial charge in [0.1, 0.15) is 5.76 Å². The number of amides is 1. The van der Waals surface area contributed by atoms with Crippen LogP contribution >= 0.6 is 0 Å². The fourth-order valence-corrected chi connectivity index (χ4v) is 1.25. The molecule has 0 radical (unpaired) electrons. The number of hydrogen-bond acceptors (Lipinski definition) is 2. The molecule has 0 unspecified atom stereocenters. The summed E-state index contributed by atoms with van der Waals surface area (Å²) in [7, 11) is 0. The van der Waals surface area contributed by atoms with Crippen LogP contribution in [0.15, 0.2) is 22.8 Å². The van der Waals surface area contributed by atoms with Crippen molar-refractivity contribution in [1.29, 1.82) is 0 Å². The van der Waals surface area contributed by atoms with E-state index in [0.29, 0.717) is 12.5 Å². The number of carbonyl (C=O) groups excluding carboxylic acids is 1. The van der Waals surface area contributed by atoms with E-state index in [4.69, 9.17) is 4.42 Å². The first-order valence-electron chi connectivity index (χ1n) is 4.66. The Balaban J connectivity index is 1.66. The van der Waals surface area contributed by atoms with Crippen molar-refractivity contribution in [3.05, 3.63) is 24.2 Å². The largest absolute Gasteiger partial charge is 0.469 e. The van der Waals surface area contributed by atoms with E-state index in [9.17, 15) is 4.79 Å². The van der Waals surface area contributed by atoms with Crippen molar-refractivity contribution in [2.75, 3.05) is 6.54 Å². The number of rotatable bonds is 4. The van der Waals surface area contributed by atoms with Gasteiger partial charge in [0.15, 0.2) is 0 Å². The van der Waals surface area contributed by atoms with Crippen LogP contribution < -0.4 is 5.32 Å². The highest BCUT2D eigenvalue weighted by Gasteiger charge is 2.28. The van der Waals surface area contributed by atoms with E-state index in [2.05, 4.69) is 5.32 Å². The maximum atomic E-state index is 11.2. The molecule has 1 aromatic heterocycles. The van der Waals surface area contributed by atoms with Crippen molar-refractivity contribution in [3.63, 3.8) is 0 Å². The van der Waals surface area contributed by atoms with Gasteiger partial charge in [0.05, 0.1) is 6.26 Å². The number of nitrogens with one attached hydrogen (secondary N) is 1. The average Bonchev–Trinajstić information content (AvgIpc) is 2.86. The zero-order chi connectivity index (χ0) is 9.10. The van der Waals surface area contributed by atoms with Crippen molar-refractivity contribution in [2.45, 2.75) is 19.3 Å². The molecule has 0 saturated heterocycles. The SMILES string of the molecule is O=C(NCCc1ccco1)C1CC1. The van der Waals surface area contributed by atoms with Crippen LogP contribution in [-0.2, 0) is 11.2 Å². The smallest absolute Gasteiger partial charge is 0.223 e. The third-order valence-electron chi connectivity index (χ3n) is 2.20. The minimum atomic E-state index is 0.201. The summed E-state index contributed by atoms with van der Waals surface area (Å²) in [6.07, 6.45) is 4.56. The Morgan fingerprint density at radius 3 is 3.08 bits per heavy atom. The fourth-order valence-electron chi connectivity index (χ4n) is 1.25.